The number of anilines is 2. The predicted octanol–water partition coefficient (Wildman–Crippen LogP) is 6.23. The van der Waals surface area contributed by atoms with Gasteiger partial charge in [0.2, 0.25) is 6.86 Å². The highest BCUT2D eigenvalue weighted by atomic mass is 32.2. The van der Waals surface area contributed by atoms with Crippen LogP contribution in [0, 0.1) is 11.8 Å². The highest BCUT2D eigenvalue weighted by Crippen LogP contribution is 2.40. The molecule has 2 N–H and O–H groups in total. The van der Waals surface area contributed by atoms with Crippen molar-refractivity contribution in [3.05, 3.63) is 46.8 Å². The van der Waals surface area contributed by atoms with Gasteiger partial charge in [0.25, 0.3) is 0 Å². The number of fused-ring (bicyclic) bond motifs is 1. The molecule has 0 amide bonds. The van der Waals surface area contributed by atoms with E-state index in [1.54, 1.807) is 12.1 Å². The Morgan fingerprint density at radius 1 is 1.09 bits per heavy atom. The number of ether oxygens (including phenoxy) is 2. The molecule has 0 unspecified atom stereocenters. The van der Waals surface area contributed by atoms with Crippen LogP contribution in [0.15, 0.2) is 41.3 Å². The molecular formula is C31H35F4N3O4S2. The molecule has 2 aliphatic rings. The van der Waals surface area contributed by atoms with Crippen LogP contribution in [-0.2, 0) is 21.0 Å². The van der Waals surface area contributed by atoms with Gasteiger partial charge in [0.15, 0.2) is 9.84 Å². The average Bonchev–Trinajstić information content (AvgIpc) is 3.33. The Bertz CT molecular complexity index is 1620. The number of nitrogens with zero attached hydrogens (tertiary/aromatic N) is 1. The molecule has 3 aromatic rings. The third-order valence-electron chi connectivity index (χ3n) is 7.97. The topological polar surface area (TPSA) is 79.9 Å². The first kappa shape index (κ1) is 32.3. The Morgan fingerprint density at radius 2 is 1.84 bits per heavy atom. The van der Waals surface area contributed by atoms with Gasteiger partial charge >= 0.3 is 6.18 Å². The molecule has 44 heavy (non-hydrogen) atoms. The normalized spacial score (nSPS) is 19.8. The number of morpholine rings is 1. The molecular weight excluding hydrogens is 618 g/mol. The van der Waals surface area contributed by atoms with Crippen molar-refractivity contribution in [1.82, 2.24) is 4.90 Å². The van der Waals surface area contributed by atoms with Crippen molar-refractivity contribution >= 4 is 42.6 Å². The lowest BCUT2D eigenvalue weighted by molar-refractivity contribution is -0.126. The molecule has 7 nitrogen and oxygen atoms in total. The van der Waals surface area contributed by atoms with Crippen molar-refractivity contribution in [2.75, 3.05) is 56.6 Å². The molecule has 2 aromatic carbocycles. The van der Waals surface area contributed by atoms with Crippen LogP contribution in [0.3, 0.4) is 0 Å². The van der Waals surface area contributed by atoms with Gasteiger partial charge in [0.1, 0.15) is 5.75 Å². The van der Waals surface area contributed by atoms with E-state index in [4.69, 9.17) is 9.47 Å². The molecule has 1 saturated carbocycles. The first-order chi connectivity index (χ1) is 21.0. The van der Waals surface area contributed by atoms with Gasteiger partial charge in [-0.2, -0.15) is 13.2 Å². The zero-order chi connectivity index (χ0) is 31.3. The number of sulfone groups is 1. The van der Waals surface area contributed by atoms with E-state index in [-0.39, 0.29) is 28.8 Å². The summed E-state index contributed by atoms with van der Waals surface area (Å²) in [5, 5.41) is 7.09. The lowest BCUT2D eigenvalue weighted by Gasteiger charge is -2.39. The standard InChI is InChI=1S/C31H35F4N3O4S2/c1-44(39,40)23-11-12-26(28(18-23)42-20-32)36-13-3-6-29-25(19-31(33,34)35)24-4-2-5-27(30(24)43-29)37-21-7-9-22(10-8-21)38-14-16-41-17-15-38/h2,4-5,11-12,18,21-22,36-37H,7-10,13-17,19-20H2,1H3. The number of hydrogen-bond acceptors (Lipinski definition) is 8. The van der Waals surface area contributed by atoms with Crippen LogP contribution >= 0.6 is 11.3 Å². The van der Waals surface area contributed by atoms with Crippen LogP contribution in [0.4, 0.5) is 28.9 Å². The lowest BCUT2D eigenvalue weighted by Crippen LogP contribution is -2.46. The summed E-state index contributed by atoms with van der Waals surface area (Å²) >= 11 is 1.24. The Hall–Kier alpha value is -3.05. The van der Waals surface area contributed by atoms with E-state index in [0.717, 1.165) is 68.6 Å². The number of thiophene rings is 1. The van der Waals surface area contributed by atoms with Crippen molar-refractivity contribution in [2.45, 2.75) is 55.3 Å². The summed E-state index contributed by atoms with van der Waals surface area (Å²) in [4.78, 5) is 2.80. The number of benzene rings is 2. The van der Waals surface area contributed by atoms with E-state index in [1.807, 2.05) is 6.07 Å². The molecule has 1 aliphatic heterocycles. The number of hydrogen-bond donors (Lipinski definition) is 2. The summed E-state index contributed by atoms with van der Waals surface area (Å²) < 4.78 is 88.8. The Morgan fingerprint density at radius 3 is 2.52 bits per heavy atom. The molecule has 0 atom stereocenters. The zero-order valence-electron chi connectivity index (χ0n) is 24.3. The van der Waals surface area contributed by atoms with Gasteiger partial charge in [-0.1, -0.05) is 24.0 Å². The largest absolute Gasteiger partial charge is 0.461 e. The fraction of sp³-hybridized carbons (Fsp3) is 0.484. The SMILES string of the molecule is CS(=O)(=O)c1ccc(NCC#Cc2sc3c(NC4CCC(N5CCOCC5)CC4)cccc3c2CC(F)(F)F)c(OCF)c1. The van der Waals surface area contributed by atoms with Crippen LogP contribution in [0.25, 0.3) is 10.1 Å². The summed E-state index contributed by atoms with van der Waals surface area (Å²) in [6, 6.07) is 10.2. The minimum atomic E-state index is -4.41. The number of nitrogens with one attached hydrogen (secondary N) is 2. The molecule has 2 heterocycles. The second kappa shape index (κ2) is 13.9. The van der Waals surface area contributed by atoms with Gasteiger partial charge in [-0.25, -0.2) is 12.8 Å². The summed E-state index contributed by atoms with van der Waals surface area (Å²) in [5.74, 6) is 5.77. The highest BCUT2D eigenvalue weighted by Gasteiger charge is 2.32. The van der Waals surface area contributed by atoms with Crippen LogP contribution in [0.5, 0.6) is 5.75 Å². The second-order valence-electron chi connectivity index (χ2n) is 11.0. The van der Waals surface area contributed by atoms with Gasteiger partial charge in [0.05, 0.1) is 52.0 Å². The first-order valence-corrected chi connectivity index (χ1v) is 17.2. The van der Waals surface area contributed by atoms with Gasteiger partial charge in [0, 0.05) is 37.5 Å². The minimum absolute atomic E-state index is 0.00783. The molecule has 0 bridgehead atoms. The maximum absolute atomic E-state index is 13.7. The molecule has 13 heteroatoms. The molecule has 1 aromatic heterocycles. The highest BCUT2D eigenvalue weighted by molar-refractivity contribution is 7.90. The fourth-order valence-electron chi connectivity index (χ4n) is 5.83. The lowest BCUT2D eigenvalue weighted by atomic mass is 9.89. The van der Waals surface area contributed by atoms with E-state index in [0.29, 0.717) is 22.0 Å². The number of alkyl halides is 4. The van der Waals surface area contributed by atoms with E-state index >= 15 is 0 Å². The Balaban J connectivity index is 1.33. The monoisotopic (exact) mass is 653 g/mol. The van der Waals surface area contributed by atoms with Gasteiger partial charge in [-0.05, 0) is 54.8 Å². The molecule has 1 aliphatic carbocycles. The zero-order valence-corrected chi connectivity index (χ0v) is 25.9. The van der Waals surface area contributed by atoms with Gasteiger partial charge in [-0.15, -0.1) is 11.3 Å². The van der Waals surface area contributed by atoms with Crippen LogP contribution in [-0.4, -0.2) is 77.5 Å². The van der Waals surface area contributed by atoms with E-state index in [9.17, 15) is 26.0 Å². The third kappa shape index (κ3) is 8.15. The average molecular weight is 654 g/mol. The van der Waals surface area contributed by atoms with Gasteiger partial charge in [-0.3, -0.25) is 4.90 Å². The van der Waals surface area contributed by atoms with Crippen molar-refractivity contribution < 1.29 is 35.5 Å². The summed E-state index contributed by atoms with van der Waals surface area (Å²) in [5.41, 5.74) is 1.27. The van der Waals surface area contributed by atoms with E-state index < -0.39 is 29.3 Å². The summed E-state index contributed by atoms with van der Waals surface area (Å²) in [7, 11) is -3.53. The molecule has 238 valence electrons. The van der Waals surface area contributed by atoms with E-state index in [1.165, 1.54) is 29.5 Å². The Labute approximate surface area is 258 Å². The Kier molecular flexibility index (Phi) is 10.2. The predicted molar refractivity (Wildman–Crippen MR) is 165 cm³/mol. The van der Waals surface area contributed by atoms with Gasteiger partial charge < -0.3 is 20.1 Å². The number of rotatable bonds is 9. The quantitative estimate of drug-likeness (QED) is 0.209. The maximum atomic E-state index is 13.7. The van der Waals surface area contributed by atoms with Crippen LogP contribution in [0.1, 0.15) is 36.1 Å². The van der Waals surface area contributed by atoms with Crippen molar-refractivity contribution in [1.29, 1.82) is 0 Å². The summed E-state index contributed by atoms with van der Waals surface area (Å²) in [6.45, 7) is 2.31. The summed E-state index contributed by atoms with van der Waals surface area (Å²) in [6.07, 6.45) is -0.383. The first-order valence-electron chi connectivity index (χ1n) is 14.5. The molecule has 0 spiro atoms. The maximum Gasteiger partial charge on any atom is 0.393 e. The fourth-order valence-corrected chi connectivity index (χ4v) is 7.64. The molecule has 5 rings (SSSR count). The minimum Gasteiger partial charge on any atom is -0.461 e. The number of halogens is 4. The van der Waals surface area contributed by atoms with Crippen molar-refractivity contribution in [3.63, 3.8) is 0 Å². The molecule has 1 saturated heterocycles. The van der Waals surface area contributed by atoms with Crippen molar-refractivity contribution in [2.24, 2.45) is 0 Å². The second-order valence-corrected chi connectivity index (χ2v) is 14.1. The smallest absolute Gasteiger partial charge is 0.393 e. The van der Waals surface area contributed by atoms with Crippen LogP contribution < -0.4 is 15.4 Å². The van der Waals surface area contributed by atoms with E-state index in [2.05, 4.69) is 27.4 Å². The van der Waals surface area contributed by atoms with Crippen LogP contribution in [0.2, 0.25) is 0 Å². The molecule has 0 radical (unpaired) electrons. The van der Waals surface area contributed by atoms with Crippen molar-refractivity contribution in [3.8, 4) is 17.6 Å². The molecule has 2 fully saturated rings. The third-order valence-corrected chi connectivity index (χ3v) is 10.3.